The van der Waals surface area contributed by atoms with Crippen molar-refractivity contribution in [2.24, 2.45) is 50.7 Å². The van der Waals surface area contributed by atoms with E-state index in [2.05, 4.69) is 81.6 Å². The van der Waals surface area contributed by atoms with Gasteiger partial charge in [-0.15, -0.1) is 0 Å². The molecule has 5 heteroatoms. The van der Waals surface area contributed by atoms with E-state index in [-0.39, 0.29) is 23.1 Å². The summed E-state index contributed by atoms with van der Waals surface area (Å²) in [4.78, 5) is 15.5. The summed E-state index contributed by atoms with van der Waals surface area (Å²) in [6.45, 7) is 20.3. The van der Waals surface area contributed by atoms with Crippen LogP contribution in [-0.4, -0.2) is 81.0 Å². The molecular formula is C37H65N2O3+. The topological polar surface area (TPSA) is 38.8 Å². The van der Waals surface area contributed by atoms with Crippen LogP contribution in [0.1, 0.15) is 113 Å². The SMILES string of the molecule is CN(C)CC[N+](C)(C)CC(=O)O[C@H]1CC[C@@]2(C)C(CC[C@]3(C)C2CCC2C4[C@H]5O[C@@]4(CCC5(C)C)CC[C@]23C)C1(C)C. The van der Waals surface area contributed by atoms with Crippen molar-refractivity contribution < 1.29 is 18.8 Å². The molecule has 6 fully saturated rings. The summed E-state index contributed by atoms with van der Waals surface area (Å²) >= 11 is 0. The second kappa shape index (κ2) is 9.68. The minimum Gasteiger partial charge on any atom is -0.458 e. The van der Waals surface area contributed by atoms with Gasteiger partial charge in [-0.2, -0.15) is 0 Å². The molecule has 0 amide bonds. The Morgan fingerprint density at radius 2 is 1.52 bits per heavy atom. The zero-order chi connectivity index (χ0) is 30.7. The summed E-state index contributed by atoms with van der Waals surface area (Å²) in [5, 5.41) is 0. The fraction of sp³-hybridized carbons (Fsp3) is 0.973. The van der Waals surface area contributed by atoms with Crippen molar-refractivity contribution in [1.82, 2.24) is 4.90 Å². The number of hydrogen-bond acceptors (Lipinski definition) is 4. The van der Waals surface area contributed by atoms with Gasteiger partial charge in [-0.25, -0.2) is 4.79 Å². The van der Waals surface area contributed by atoms with E-state index in [9.17, 15) is 4.79 Å². The van der Waals surface area contributed by atoms with Gasteiger partial charge in [0.25, 0.3) is 0 Å². The van der Waals surface area contributed by atoms with Gasteiger partial charge in [-0.05, 0) is 118 Å². The summed E-state index contributed by atoms with van der Waals surface area (Å²) in [6, 6.07) is 0. The summed E-state index contributed by atoms with van der Waals surface area (Å²) < 4.78 is 13.9. The van der Waals surface area contributed by atoms with Crippen molar-refractivity contribution in [2.45, 2.75) is 130 Å². The third-order valence-corrected chi connectivity index (χ3v) is 15.6. The first-order chi connectivity index (χ1) is 19.3. The first-order valence-corrected chi connectivity index (χ1v) is 17.7. The highest BCUT2D eigenvalue weighted by atomic mass is 16.5. The van der Waals surface area contributed by atoms with Crippen LogP contribution in [0.15, 0.2) is 0 Å². The van der Waals surface area contributed by atoms with Gasteiger partial charge in [0, 0.05) is 17.9 Å². The second-order valence-electron chi connectivity index (χ2n) is 19.2. The lowest BCUT2D eigenvalue weighted by atomic mass is 9.31. The molecule has 0 radical (unpaired) electrons. The molecule has 4 unspecified atom stereocenters. The molecule has 10 atom stereocenters. The number of ether oxygens (including phenoxy) is 2. The maximum Gasteiger partial charge on any atom is 0.362 e. The van der Waals surface area contributed by atoms with E-state index in [0.29, 0.717) is 44.7 Å². The molecule has 0 N–H and O–H groups in total. The Morgan fingerprint density at radius 3 is 2.19 bits per heavy atom. The summed E-state index contributed by atoms with van der Waals surface area (Å²) in [5.41, 5.74) is 1.63. The molecule has 2 bridgehead atoms. The van der Waals surface area contributed by atoms with Crippen molar-refractivity contribution in [3.05, 3.63) is 0 Å². The van der Waals surface area contributed by atoms with Crippen LogP contribution in [-0.2, 0) is 14.3 Å². The fourth-order valence-corrected chi connectivity index (χ4v) is 12.9. The zero-order valence-electron chi connectivity index (χ0n) is 29.3. The average molecular weight is 586 g/mol. The maximum absolute atomic E-state index is 13.3. The number of carbonyl (C=O) groups is 1. The highest BCUT2D eigenvalue weighted by molar-refractivity contribution is 5.70. The third-order valence-electron chi connectivity index (χ3n) is 15.6. The van der Waals surface area contributed by atoms with Crippen molar-refractivity contribution in [3.8, 4) is 0 Å². The van der Waals surface area contributed by atoms with E-state index < -0.39 is 0 Å². The highest BCUT2D eigenvalue weighted by Gasteiger charge is 2.75. The lowest BCUT2D eigenvalue weighted by Gasteiger charge is -2.77. The number of nitrogens with zero attached hydrogens (tertiary/aromatic N) is 2. The standard InChI is InChI=1S/C37H65N2O3/c1-32(2)18-20-37-21-19-35(6)25(30(37)31(32)42-37)12-13-27-34(5)16-15-28(33(3,4)26(34)14-17-36(27,35)7)41-29(40)24-39(10,11)23-22-38(8)9/h25-28,30-31H,12-24H2,1-11H3/q+1/t25?,26?,27?,28-,30?,31+,34-,35+,36+,37-/m0/s1. The van der Waals surface area contributed by atoms with Crippen molar-refractivity contribution in [1.29, 1.82) is 0 Å². The normalized spacial score (nSPS) is 48.7. The van der Waals surface area contributed by atoms with Crippen LogP contribution >= 0.6 is 0 Å². The van der Waals surface area contributed by atoms with E-state index in [4.69, 9.17) is 9.47 Å². The Morgan fingerprint density at radius 1 is 0.833 bits per heavy atom. The minimum atomic E-state index is -0.0126. The number of carbonyl (C=O) groups excluding carboxylic acids is 1. The number of likely N-dealkylation sites (N-methyl/N-ethyl adjacent to an activating group) is 2. The van der Waals surface area contributed by atoms with Gasteiger partial charge in [-0.1, -0.05) is 48.5 Å². The van der Waals surface area contributed by atoms with Crippen LogP contribution in [0.5, 0.6) is 0 Å². The first kappa shape index (κ1) is 31.3. The predicted octanol–water partition coefficient (Wildman–Crippen LogP) is 7.18. The summed E-state index contributed by atoms with van der Waals surface area (Å²) in [6.07, 6.45) is 13.3. The van der Waals surface area contributed by atoms with Crippen LogP contribution in [0.2, 0.25) is 0 Å². The Labute approximate surface area is 258 Å². The Hall–Kier alpha value is -0.650. The molecule has 42 heavy (non-hydrogen) atoms. The Kier molecular flexibility index (Phi) is 7.22. The molecule has 1 spiro atoms. The maximum atomic E-state index is 13.3. The van der Waals surface area contributed by atoms with E-state index in [1.807, 2.05) is 0 Å². The molecular weight excluding hydrogens is 520 g/mol. The lowest BCUT2D eigenvalue weighted by Crippen LogP contribution is -2.77. The average Bonchev–Trinajstić information content (AvgIpc) is 2.85. The van der Waals surface area contributed by atoms with Crippen LogP contribution in [0, 0.1) is 50.7 Å². The predicted molar refractivity (Wildman–Crippen MR) is 170 cm³/mol. The smallest absolute Gasteiger partial charge is 0.362 e. The molecule has 0 aromatic carbocycles. The van der Waals surface area contributed by atoms with E-state index in [0.717, 1.165) is 37.3 Å². The van der Waals surface area contributed by atoms with E-state index in [1.165, 1.54) is 57.8 Å². The van der Waals surface area contributed by atoms with Gasteiger partial charge in [-0.3, -0.25) is 0 Å². The molecule has 2 heterocycles. The van der Waals surface area contributed by atoms with Crippen LogP contribution < -0.4 is 0 Å². The van der Waals surface area contributed by atoms with Gasteiger partial charge in [0.2, 0.25) is 0 Å². The molecule has 6 rings (SSSR count). The largest absolute Gasteiger partial charge is 0.458 e. The molecule has 240 valence electrons. The van der Waals surface area contributed by atoms with Crippen LogP contribution in [0.25, 0.3) is 0 Å². The fourth-order valence-electron chi connectivity index (χ4n) is 12.9. The van der Waals surface area contributed by atoms with Crippen LogP contribution in [0.3, 0.4) is 0 Å². The molecule has 0 aromatic heterocycles. The van der Waals surface area contributed by atoms with Gasteiger partial charge < -0.3 is 18.9 Å². The monoisotopic (exact) mass is 585 g/mol. The third kappa shape index (κ3) is 4.35. The quantitative estimate of drug-likeness (QED) is 0.245. The number of esters is 1. The van der Waals surface area contributed by atoms with Crippen molar-refractivity contribution >= 4 is 5.97 Å². The summed E-state index contributed by atoms with van der Waals surface area (Å²) in [7, 11) is 8.51. The molecule has 5 nitrogen and oxygen atoms in total. The minimum absolute atomic E-state index is 0.00199. The Bertz CT molecular complexity index is 1080. The van der Waals surface area contributed by atoms with Crippen LogP contribution in [0.4, 0.5) is 0 Å². The van der Waals surface area contributed by atoms with E-state index >= 15 is 0 Å². The second-order valence-corrected chi connectivity index (χ2v) is 19.2. The first-order valence-electron chi connectivity index (χ1n) is 17.7. The van der Waals surface area contributed by atoms with Gasteiger partial charge in [0.05, 0.1) is 32.3 Å². The molecule has 0 aromatic rings. The Balaban J connectivity index is 1.19. The van der Waals surface area contributed by atoms with E-state index in [1.54, 1.807) is 0 Å². The highest BCUT2D eigenvalue weighted by Crippen LogP contribution is 2.78. The number of hydrogen-bond donors (Lipinski definition) is 0. The molecule has 4 aliphatic carbocycles. The molecule has 4 saturated carbocycles. The number of quaternary nitrogens is 1. The number of rotatable bonds is 6. The van der Waals surface area contributed by atoms with Gasteiger partial charge in [0.15, 0.2) is 6.54 Å². The van der Waals surface area contributed by atoms with Crippen molar-refractivity contribution in [2.75, 3.05) is 47.8 Å². The summed E-state index contributed by atoms with van der Waals surface area (Å²) in [5.74, 6) is 2.93. The van der Waals surface area contributed by atoms with Gasteiger partial charge in [0.1, 0.15) is 6.10 Å². The molecule has 6 aliphatic rings. The molecule has 2 saturated heterocycles. The molecule has 2 aliphatic heterocycles. The van der Waals surface area contributed by atoms with Crippen molar-refractivity contribution in [3.63, 3.8) is 0 Å². The number of fused-ring (bicyclic) bond motifs is 8. The lowest BCUT2D eigenvalue weighted by molar-refractivity contribution is -0.882. The zero-order valence-corrected chi connectivity index (χ0v) is 29.3. The van der Waals surface area contributed by atoms with Gasteiger partial charge >= 0.3 is 5.97 Å².